The third kappa shape index (κ3) is 4.14. The van der Waals surface area contributed by atoms with Gasteiger partial charge in [-0.25, -0.2) is 9.67 Å². The molecule has 5 aromatic rings. The lowest BCUT2D eigenvalue weighted by atomic mass is 10.2. The standard InChI is InChI=1S/C21H13ClN6O2S/c22-15-5-1-3-13(9-15)20-25-19(27-30-20)17-6-7-18(29)28(26-17)12-16-11-24-21(31-16)14-4-2-8-23-10-14/h1-11H,12H2. The number of benzene rings is 1. The molecule has 4 aromatic heterocycles. The summed E-state index contributed by atoms with van der Waals surface area (Å²) < 4.78 is 6.69. The van der Waals surface area contributed by atoms with Crippen molar-refractivity contribution in [3.8, 4) is 33.5 Å². The van der Waals surface area contributed by atoms with Crippen molar-refractivity contribution in [2.45, 2.75) is 6.54 Å². The molecule has 4 heterocycles. The zero-order valence-electron chi connectivity index (χ0n) is 15.8. The van der Waals surface area contributed by atoms with E-state index in [0.29, 0.717) is 22.2 Å². The average Bonchev–Trinajstić information content (AvgIpc) is 3.46. The van der Waals surface area contributed by atoms with Crippen LogP contribution in [0.5, 0.6) is 0 Å². The van der Waals surface area contributed by atoms with Crippen LogP contribution in [0.3, 0.4) is 0 Å². The minimum Gasteiger partial charge on any atom is -0.334 e. The lowest BCUT2D eigenvalue weighted by Crippen LogP contribution is -2.22. The van der Waals surface area contributed by atoms with Crippen LogP contribution in [0.1, 0.15) is 4.88 Å². The predicted octanol–water partition coefficient (Wildman–Crippen LogP) is 4.18. The van der Waals surface area contributed by atoms with Gasteiger partial charge in [0, 0.05) is 45.7 Å². The number of hydrogen-bond donors (Lipinski definition) is 0. The maximum Gasteiger partial charge on any atom is 0.267 e. The normalized spacial score (nSPS) is 11.0. The van der Waals surface area contributed by atoms with Gasteiger partial charge in [-0.05, 0) is 36.4 Å². The molecule has 31 heavy (non-hydrogen) atoms. The number of hydrogen-bond acceptors (Lipinski definition) is 8. The molecular formula is C21H13ClN6O2S. The highest BCUT2D eigenvalue weighted by Crippen LogP contribution is 2.25. The summed E-state index contributed by atoms with van der Waals surface area (Å²) >= 11 is 7.51. The van der Waals surface area contributed by atoms with E-state index in [4.69, 9.17) is 16.1 Å². The highest BCUT2D eigenvalue weighted by atomic mass is 35.5. The maximum atomic E-state index is 12.3. The van der Waals surface area contributed by atoms with Crippen LogP contribution in [0.15, 0.2) is 76.4 Å². The van der Waals surface area contributed by atoms with E-state index in [9.17, 15) is 4.79 Å². The lowest BCUT2D eigenvalue weighted by molar-refractivity contribution is 0.432. The molecular weight excluding hydrogens is 436 g/mol. The van der Waals surface area contributed by atoms with E-state index >= 15 is 0 Å². The van der Waals surface area contributed by atoms with Crippen LogP contribution in [0.25, 0.3) is 33.5 Å². The molecule has 0 bridgehead atoms. The second-order valence-corrected chi connectivity index (χ2v) is 8.07. The van der Waals surface area contributed by atoms with E-state index in [-0.39, 0.29) is 17.9 Å². The third-order valence-corrected chi connectivity index (χ3v) is 5.63. The van der Waals surface area contributed by atoms with Gasteiger partial charge in [0.1, 0.15) is 10.7 Å². The van der Waals surface area contributed by atoms with E-state index in [1.54, 1.807) is 42.9 Å². The van der Waals surface area contributed by atoms with Crippen molar-refractivity contribution >= 4 is 22.9 Å². The van der Waals surface area contributed by atoms with Gasteiger partial charge in [-0.1, -0.05) is 22.8 Å². The molecule has 8 nitrogen and oxygen atoms in total. The fourth-order valence-corrected chi connectivity index (χ4v) is 3.97. The summed E-state index contributed by atoms with van der Waals surface area (Å²) in [4.78, 5) is 26.1. The van der Waals surface area contributed by atoms with E-state index < -0.39 is 0 Å². The Morgan fingerprint density at radius 2 is 1.97 bits per heavy atom. The smallest absolute Gasteiger partial charge is 0.267 e. The largest absolute Gasteiger partial charge is 0.334 e. The molecule has 10 heteroatoms. The summed E-state index contributed by atoms with van der Waals surface area (Å²) in [5, 5.41) is 9.79. The summed E-state index contributed by atoms with van der Waals surface area (Å²) in [6.45, 7) is 0.281. The predicted molar refractivity (Wildman–Crippen MR) is 117 cm³/mol. The van der Waals surface area contributed by atoms with Gasteiger partial charge in [-0.3, -0.25) is 9.78 Å². The number of pyridine rings is 1. The molecule has 152 valence electrons. The number of thiazole rings is 1. The van der Waals surface area contributed by atoms with Crippen LogP contribution < -0.4 is 5.56 Å². The van der Waals surface area contributed by atoms with Crippen molar-refractivity contribution in [3.05, 3.63) is 87.4 Å². The summed E-state index contributed by atoms with van der Waals surface area (Å²) in [6.07, 6.45) is 5.20. The van der Waals surface area contributed by atoms with Crippen LogP contribution in [-0.4, -0.2) is 29.9 Å². The number of nitrogens with zero attached hydrogens (tertiary/aromatic N) is 6. The summed E-state index contributed by atoms with van der Waals surface area (Å²) in [5.41, 5.74) is 1.81. The zero-order chi connectivity index (χ0) is 21.2. The Hall–Kier alpha value is -3.69. The average molecular weight is 449 g/mol. The summed E-state index contributed by atoms with van der Waals surface area (Å²) in [5.74, 6) is 0.602. The van der Waals surface area contributed by atoms with Crippen LogP contribution in [0.4, 0.5) is 0 Å². The van der Waals surface area contributed by atoms with Crippen molar-refractivity contribution in [1.82, 2.24) is 29.9 Å². The fourth-order valence-electron chi connectivity index (χ4n) is 2.90. The Morgan fingerprint density at radius 1 is 1.06 bits per heavy atom. The quantitative estimate of drug-likeness (QED) is 0.397. The van der Waals surface area contributed by atoms with Gasteiger partial charge < -0.3 is 4.52 Å². The van der Waals surface area contributed by atoms with Gasteiger partial charge in [-0.15, -0.1) is 11.3 Å². The van der Waals surface area contributed by atoms with Crippen molar-refractivity contribution in [3.63, 3.8) is 0 Å². The molecule has 0 aliphatic heterocycles. The number of aromatic nitrogens is 6. The Labute approximate surface area is 184 Å². The molecule has 0 saturated heterocycles. The molecule has 1 aromatic carbocycles. The van der Waals surface area contributed by atoms with Gasteiger partial charge in [0.2, 0.25) is 5.82 Å². The van der Waals surface area contributed by atoms with Gasteiger partial charge in [0.05, 0.1) is 6.54 Å². The van der Waals surface area contributed by atoms with Gasteiger partial charge in [0.15, 0.2) is 0 Å². The Balaban J connectivity index is 1.42. The van der Waals surface area contributed by atoms with Gasteiger partial charge in [0.25, 0.3) is 11.4 Å². The molecule has 0 atom stereocenters. The molecule has 0 aliphatic carbocycles. The van der Waals surface area contributed by atoms with E-state index in [1.165, 1.54) is 22.1 Å². The molecule has 5 rings (SSSR count). The second-order valence-electron chi connectivity index (χ2n) is 6.52. The van der Waals surface area contributed by atoms with Crippen molar-refractivity contribution < 1.29 is 4.52 Å². The van der Waals surface area contributed by atoms with Gasteiger partial charge in [-0.2, -0.15) is 10.1 Å². The third-order valence-electron chi connectivity index (χ3n) is 4.36. The highest BCUT2D eigenvalue weighted by Gasteiger charge is 2.14. The minimum absolute atomic E-state index is 0.237. The lowest BCUT2D eigenvalue weighted by Gasteiger charge is -2.03. The molecule has 0 amide bonds. The summed E-state index contributed by atoms with van der Waals surface area (Å²) in [7, 11) is 0. The number of rotatable bonds is 5. The van der Waals surface area contributed by atoms with Crippen LogP contribution in [0.2, 0.25) is 5.02 Å². The molecule has 0 radical (unpaired) electrons. The van der Waals surface area contributed by atoms with E-state index in [2.05, 4.69) is 25.2 Å². The Morgan fingerprint density at radius 3 is 2.81 bits per heavy atom. The first-order chi connectivity index (χ1) is 15.2. The second kappa shape index (κ2) is 8.21. The first kappa shape index (κ1) is 19.3. The SMILES string of the molecule is O=c1ccc(-c2noc(-c3cccc(Cl)c3)n2)nn1Cc1cnc(-c2cccnc2)s1. The molecule has 0 aliphatic rings. The van der Waals surface area contributed by atoms with Gasteiger partial charge >= 0.3 is 0 Å². The molecule has 0 saturated carbocycles. The number of halogens is 1. The fraction of sp³-hybridized carbons (Fsp3) is 0.0476. The molecule has 0 unspecified atom stereocenters. The maximum absolute atomic E-state index is 12.3. The monoisotopic (exact) mass is 448 g/mol. The topological polar surface area (TPSA) is 99.6 Å². The van der Waals surface area contributed by atoms with Crippen molar-refractivity contribution in [1.29, 1.82) is 0 Å². The van der Waals surface area contributed by atoms with Crippen molar-refractivity contribution in [2.75, 3.05) is 0 Å². The highest BCUT2D eigenvalue weighted by molar-refractivity contribution is 7.15. The molecule has 0 N–H and O–H groups in total. The Kier molecular flexibility index (Phi) is 5.11. The minimum atomic E-state index is -0.237. The molecule has 0 spiro atoms. The molecule has 0 fully saturated rings. The van der Waals surface area contributed by atoms with Crippen molar-refractivity contribution in [2.24, 2.45) is 0 Å². The van der Waals surface area contributed by atoms with Crippen LogP contribution >= 0.6 is 22.9 Å². The van der Waals surface area contributed by atoms with Crippen LogP contribution in [-0.2, 0) is 6.54 Å². The first-order valence-corrected chi connectivity index (χ1v) is 10.4. The first-order valence-electron chi connectivity index (χ1n) is 9.19. The van der Waals surface area contributed by atoms with E-state index in [1.807, 2.05) is 18.2 Å². The van der Waals surface area contributed by atoms with E-state index in [0.717, 1.165) is 15.4 Å². The Bertz CT molecular complexity index is 1410. The summed E-state index contributed by atoms with van der Waals surface area (Å²) in [6, 6.07) is 13.9. The zero-order valence-corrected chi connectivity index (χ0v) is 17.4. The van der Waals surface area contributed by atoms with Crippen LogP contribution in [0, 0.1) is 0 Å².